The van der Waals surface area contributed by atoms with Crippen LogP contribution in [0.15, 0.2) is 78.9 Å². The van der Waals surface area contributed by atoms with Crippen molar-refractivity contribution in [3.05, 3.63) is 112 Å². The molecule has 1 unspecified atom stereocenters. The van der Waals surface area contributed by atoms with Gasteiger partial charge in [0.1, 0.15) is 23.3 Å². The highest BCUT2D eigenvalue weighted by Gasteiger charge is 2.69. The van der Waals surface area contributed by atoms with Crippen LogP contribution in [0.5, 0.6) is 11.5 Å². The number of aromatic nitrogens is 2. The number of benzene rings is 3. The van der Waals surface area contributed by atoms with Gasteiger partial charge in [0.2, 0.25) is 6.10 Å². The number of rotatable bonds is 9. The molecule has 0 bridgehead atoms. The first-order chi connectivity index (χ1) is 23.0. The number of amides is 1. The molecule has 0 spiro atoms. The molecule has 0 radical (unpaired) electrons. The maximum Gasteiger partial charge on any atom is 0.311 e. The first-order valence-electron chi connectivity index (χ1n) is 16.5. The third-order valence-corrected chi connectivity index (χ3v) is 10.0. The lowest BCUT2D eigenvalue weighted by Gasteiger charge is -2.19. The number of halogens is 1. The van der Waals surface area contributed by atoms with Gasteiger partial charge in [-0.15, -0.1) is 0 Å². The van der Waals surface area contributed by atoms with Crippen molar-refractivity contribution in [3.8, 4) is 17.6 Å². The molecular weight excluding hydrogens is 636 g/mol. The van der Waals surface area contributed by atoms with Crippen molar-refractivity contribution in [1.82, 2.24) is 15.1 Å². The number of hydrogen-bond donors (Lipinski definition) is 1. The molecular formula is C40H47ClN4O4. The van der Waals surface area contributed by atoms with Crippen LogP contribution in [0.1, 0.15) is 94.4 Å². The minimum atomic E-state index is -0.950. The van der Waals surface area contributed by atoms with E-state index in [2.05, 4.69) is 77.1 Å². The summed E-state index contributed by atoms with van der Waals surface area (Å²) in [6.45, 7) is 17.2. The molecule has 1 heterocycles. The van der Waals surface area contributed by atoms with Gasteiger partial charge in [0, 0.05) is 19.2 Å². The van der Waals surface area contributed by atoms with E-state index < -0.39 is 6.10 Å². The Kier molecular flexibility index (Phi) is 11.3. The Hall–Kier alpha value is -4.61. The van der Waals surface area contributed by atoms with Crippen molar-refractivity contribution in [2.45, 2.75) is 79.9 Å². The summed E-state index contributed by atoms with van der Waals surface area (Å²) >= 11 is 6.23. The molecule has 4 aromatic rings. The van der Waals surface area contributed by atoms with Gasteiger partial charge in [-0.3, -0.25) is 14.3 Å². The van der Waals surface area contributed by atoms with E-state index in [4.69, 9.17) is 21.1 Å². The molecule has 5 rings (SSSR count). The van der Waals surface area contributed by atoms with E-state index in [9.17, 15) is 14.9 Å². The van der Waals surface area contributed by atoms with E-state index in [0.29, 0.717) is 40.7 Å². The molecule has 0 aliphatic heterocycles. The number of aryl methyl sites for hydroxylation is 2. The molecule has 0 saturated heterocycles. The summed E-state index contributed by atoms with van der Waals surface area (Å²) in [5, 5.41) is 17.1. The summed E-state index contributed by atoms with van der Waals surface area (Å²) in [7, 11) is 1.73. The van der Waals surface area contributed by atoms with Crippen LogP contribution in [0.25, 0.3) is 0 Å². The minimum Gasteiger partial charge on any atom is -0.457 e. The fourth-order valence-corrected chi connectivity index (χ4v) is 6.30. The second kappa shape index (κ2) is 14.9. The summed E-state index contributed by atoms with van der Waals surface area (Å²) in [4.78, 5) is 24.9. The molecule has 1 atom stereocenters. The van der Waals surface area contributed by atoms with Gasteiger partial charge in [0.05, 0.1) is 16.6 Å². The molecule has 1 aliphatic rings. The standard InChI is InChI=1S/C22H23NO3.C18H24ClN3O/c1-21(2)19(22(21,3)4)20(24)26-18(14-23)15-9-8-12-17(13-15)25-16-10-6-5-7-11-16;1-6-14-15(19)16(22(5)21-14)17(23)20-11-12-7-9-13(10-8-12)18(2,3)4/h5-13,18-19H,1-4H3;7-10H,6,11H2,1-5H3,(H,20,23). The zero-order valence-corrected chi connectivity index (χ0v) is 30.7. The largest absolute Gasteiger partial charge is 0.457 e. The van der Waals surface area contributed by atoms with Gasteiger partial charge >= 0.3 is 5.97 Å². The van der Waals surface area contributed by atoms with E-state index in [0.717, 1.165) is 11.3 Å². The van der Waals surface area contributed by atoms with Gasteiger partial charge in [0.15, 0.2) is 0 Å². The van der Waals surface area contributed by atoms with Crippen molar-refractivity contribution in [2.24, 2.45) is 23.8 Å². The Morgan fingerprint density at radius 2 is 1.59 bits per heavy atom. The number of nitrogens with zero attached hydrogens (tertiary/aromatic N) is 3. The van der Waals surface area contributed by atoms with Crippen LogP contribution in [0.3, 0.4) is 0 Å². The number of carbonyl (C=O) groups excluding carboxylic acids is 2. The molecule has 9 heteroatoms. The van der Waals surface area contributed by atoms with Crippen LogP contribution in [-0.2, 0) is 35.0 Å². The van der Waals surface area contributed by atoms with E-state index in [1.54, 1.807) is 36.0 Å². The predicted molar refractivity (Wildman–Crippen MR) is 192 cm³/mol. The Balaban J connectivity index is 0.000000223. The summed E-state index contributed by atoms with van der Waals surface area (Å²) < 4.78 is 12.9. The van der Waals surface area contributed by atoms with Gasteiger partial charge in [-0.2, -0.15) is 10.4 Å². The highest BCUT2D eigenvalue weighted by atomic mass is 35.5. The Bertz CT molecular complexity index is 1800. The average Bonchev–Trinajstić information content (AvgIpc) is 3.29. The molecule has 49 heavy (non-hydrogen) atoms. The van der Waals surface area contributed by atoms with Crippen LogP contribution in [0.2, 0.25) is 5.02 Å². The highest BCUT2D eigenvalue weighted by molar-refractivity contribution is 6.34. The van der Waals surface area contributed by atoms with Crippen LogP contribution in [0, 0.1) is 28.1 Å². The van der Waals surface area contributed by atoms with E-state index in [-0.39, 0.29) is 34.0 Å². The molecule has 1 N–H and O–H groups in total. The highest BCUT2D eigenvalue weighted by Crippen LogP contribution is 2.68. The number of esters is 1. The molecule has 1 saturated carbocycles. The van der Waals surface area contributed by atoms with Crippen LogP contribution >= 0.6 is 11.6 Å². The van der Waals surface area contributed by atoms with E-state index >= 15 is 0 Å². The number of nitrogens with one attached hydrogen (secondary N) is 1. The van der Waals surface area contributed by atoms with Crippen molar-refractivity contribution in [3.63, 3.8) is 0 Å². The van der Waals surface area contributed by atoms with Gasteiger partial charge in [-0.1, -0.05) is 122 Å². The number of para-hydroxylation sites is 1. The zero-order valence-electron chi connectivity index (χ0n) is 29.9. The molecule has 1 aliphatic carbocycles. The smallest absolute Gasteiger partial charge is 0.311 e. The summed E-state index contributed by atoms with van der Waals surface area (Å²) in [6, 6.07) is 26.9. The fourth-order valence-electron chi connectivity index (χ4n) is 5.92. The molecule has 1 aromatic heterocycles. The lowest BCUT2D eigenvalue weighted by Crippen LogP contribution is -2.25. The molecule has 258 valence electrons. The van der Waals surface area contributed by atoms with Crippen molar-refractivity contribution < 1.29 is 19.1 Å². The maximum atomic E-state index is 12.6. The van der Waals surface area contributed by atoms with Gasteiger partial charge in [-0.25, -0.2) is 0 Å². The number of carbonyl (C=O) groups is 2. The van der Waals surface area contributed by atoms with E-state index in [1.807, 2.05) is 49.4 Å². The van der Waals surface area contributed by atoms with Crippen LogP contribution in [0.4, 0.5) is 0 Å². The molecule has 1 amide bonds. The van der Waals surface area contributed by atoms with Crippen LogP contribution in [-0.4, -0.2) is 21.7 Å². The zero-order chi connectivity index (χ0) is 36.1. The van der Waals surface area contributed by atoms with Gasteiger partial charge < -0.3 is 14.8 Å². The Morgan fingerprint density at radius 1 is 0.980 bits per heavy atom. The van der Waals surface area contributed by atoms with Gasteiger partial charge in [-0.05, 0) is 58.1 Å². The Morgan fingerprint density at radius 3 is 2.12 bits per heavy atom. The molecule has 1 fully saturated rings. The summed E-state index contributed by atoms with van der Waals surface area (Å²) in [5.41, 5.74) is 3.97. The number of nitriles is 1. The third-order valence-electron chi connectivity index (χ3n) is 9.63. The molecule has 8 nitrogen and oxygen atoms in total. The average molecular weight is 683 g/mol. The van der Waals surface area contributed by atoms with Gasteiger partial charge in [0.25, 0.3) is 5.91 Å². The normalized spacial score (nSPS) is 15.2. The van der Waals surface area contributed by atoms with Crippen molar-refractivity contribution >= 4 is 23.5 Å². The first kappa shape index (κ1) is 37.2. The predicted octanol–water partition coefficient (Wildman–Crippen LogP) is 9.13. The monoisotopic (exact) mass is 682 g/mol. The minimum absolute atomic E-state index is 0.123. The van der Waals surface area contributed by atoms with Crippen LogP contribution < -0.4 is 10.1 Å². The lowest BCUT2D eigenvalue weighted by atomic mass is 9.87. The first-order valence-corrected chi connectivity index (χ1v) is 16.9. The second-order valence-corrected chi connectivity index (χ2v) is 14.9. The summed E-state index contributed by atoms with van der Waals surface area (Å²) in [6.07, 6.45) is -0.247. The van der Waals surface area contributed by atoms with Crippen molar-refractivity contribution in [2.75, 3.05) is 0 Å². The quantitative estimate of drug-likeness (QED) is 0.177. The van der Waals surface area contributed by atoms with Crippen molar-refractivity contribution in [1.29, 1.82) is 5.26 Å². The number of hydrogen-bond acceptors (Lipinski definition) is 6. The summed E-state index contributed by atoms with van der Waals surface area (Å²) in [5.74, 6) is 0.578. The Labute approximate surface area is 295 Å². The SMILES string of the molecule is CC1(C)C(C(=O)OC(C#N)c2cccc(Oc3ccccc3)c2)C1(C)C.CCc1nn(C)c(C(=O)NCc2ccc(C(C)(C)C)cc2)c1Cl. The fraction of sp³-hybridized carbons (Fsp3) is 0.400. The topological polar surface area (TPSA) is 106 Å². The maximum absolute atomic E-state index is 12.6. The molecule has 3 aromatic carbocycles. The number of ether oxygens (including phenoxy) is 2. The third kappa shape index (κ3) is 8.52. The van der Waals surface area contributed by atoms with E-state index in [1.165, 1.54) is 5.56 Å². The second-order valence-electron chi connectivity index (χ2n) is 14.5. The lowest BCUT2D eigenvalue weighted by molar-refractivity contribution is -0.150.